The van der Waals surface area contributed by atoms with Crippen LogP contribution in [0.15, 0.2) is 62.7 Å². The maximum absolute atomic E-state index is 12.7. The summed E-state index contributed by atoms with van der Waals surface area (Å²) < 4.78 is 60.3. The molecule has 1 aliphatic rings. The first-order valence-electron chi connectivity index (χ1n) is 9.30. The van der Waals surface area contributed by atoms with Crippen molar-refractivity contribution < 1.29 is 31.6 Å². The zero-order valence-corrected chi connectivity index (χ0v) is 16.9. The number of benzene rings is 2. The van der Waals surface area contributed by atoms with E-state index in [2.05, 4.69) is 20.3 Å². The Kier molecular flexibility index (Phi) is 5.21. The molecule has 0 aliphatic carbocycles. The van der Waals surface area contributed by atoms with Gasteiger partial charge in [-0.15, -0.1) is 10.2 Å². The molecule has 0 N–H and O–H groups in total. The quantitative estimate of drug-likeness (QED) is 0.382. The molecule has 1 unspecified atom stereocenters. The predicted octanol–water partition coefficient (Wildman–Crippen LogP) is 4.94. The Bertz CT molecular complexity index is 1230. The van der Waals surface area contributed by atoms with Gasteiger partial charge in [0, 0.05) is 5.56 Å². The van der Waals surface area contributed by atoms with Crippen LogP contribution < -0.4 is 9.47 Å². The molecule has 0 spiro atoms. The monoisotopic (exact) mass is 462 g/mol. The molecule has 0 saturated carbocycles. The maximum Gasteiger partial charge on any atom is 0.416 e. The summed E-state index contributed by atoms with van der Waals surface area (Å²) in [5, 5.41) is 12.1. The third kappa shape index (κ3) is 4.26. The van der Waals surface area contributed by atoms with Crippen molar-refractivity contribution in [3.8, 4) is 22.9 Å². The Labute approximate surface area is 182 Å². The van der Waals surface area contributed by atoms with Crippen LogP contribution in [0, 0.1) is 0 Å². The minimum atomic E-state index is -4.40. The number of ether oxygens (including phenoxy) is 2. The topological polar surface area (TPSA) is 96.3 Å². The zero-order valence-electron chi connectivity index (χ0n) is 16.1. The number of halogens is 3. The molecular weight excluding hydrogens is 449 g/mol. The van der Waals surface area contributed by atoms with Gasteiger partial charge in [0.15, 0.2) is 11.5 Å². The van der Waals surface area contributed by atoms with Crippen LogP contribution in [0.3, 0.4) is 0 Å². The molecule has 4 aromatic rings. The van der Waals surface area contributed by atoms with E-state index in [0.717, 1.165) is 12.1 Å². The summed E-state index contributed by atoms with van der Waals surface area (Å²) in [6, 6.07) is 11.8. The van der Waals surface area contributed by atoms with Gasteiger partial charge in [-0.1, -0.05) is 41.2 Å². The van der Waals surface area contributed by atoms with Crippen molar-refractivity contribution in [3.05, 3.63) is 65.9 Å². The number of para-hydroxylation sites is 2. The molecule has 8 nitrogen and oxygen atoms in total. The second-order valence-corrected chi connectivity index (χ2v) is 7.57. The normalized spacial score (nSPS) is 15.7. The Morgan fingerprint density at radius 2 is 1.78 bits per heavy atom. The van der Waals surface area contributed by atoms with Gasteiger partial charge in [-0.3, -0.25) is 0 Å². The highest BCUT2D eigenvalue weighted by atomic mass is 32.2. The summed E-state index contributed by atoms with van der Waals surface area (Å²) in [7, 11) is 0. The summed E-state index contributed by atoms with van der Waals surface area (Å²) in [5.41, 5.74) is -0.337. The third-order valence-corrected chi connectivity index (χ3v) is 5.27. The maximum atomic E-state index is 12.7. The van der Waals surface area contributed by atoms with Crippen LogP contribution in [-0.4, -0.2) is 26.9 Å². The SMILES string of the molecule is FC(F)(F)c1ccc(-c2noc(CSc3nnc(C4COc5ccccc5O4)o3)n2)cc1. The van der Waals surface area contributed by atoms with Gasteiger partial charge in [0.2, 0.25) is 17.8 Å². The highest BCUT2D eigenvalue weighted by Crippen LogP contribution is 2.36. The number of aromatic nitrogens is 4. The molecule has 0 bridgehead atoms. The van der Waals surface area contributed by atoms with Gasteiger partial charge < -0.3 is 18.4 Å². The first kappa shape index (κ1) is 20.4. The Hall–Kier alpha value is -3.54. The van der Waals surface area contributed by atoms with Crippen LogP contribution in [0.5, 0.6) is 11.5 Å². The molecule has 1 atom stereocenters. The van der Waals surface area contributed by atoms with Gasteiger partial charge in [0.1, 0.15) is 6.61 Å². The number of fused-ring (bicyclic) bond motifs is 1. The van der Waals surface area contributed by atoms with Gasteiger partial charge in [-0.2, -0.15) is 18.2 Å². The minimum absolute atomic E-state index is 0.187. The van der Waals surface area contributed by atoms with Crippen LogP contribution in [0.25, 0.3) is 11.4 Å². The standard InChI is InChI=1S/C20H13F3N4O4S/c21-20(22,23)12-7-5-11(6-8-12)17-24-16(31-27-17)10-32-19-26-25-18(30-19)15-9-28-13-3-1-2-4-14(13)29-15/h1-8,15H,9-10H2. The van der Waals surface area contributed by atoms with Gasteiger partial charge in [-0.05, 0) is 24.3 Å². The molecule has 0 amide bonds. The van der Waals surface area contributed by atoms with Crippen LogP contribution >= 0.6 is 11.8 Å². The van der Waals surface area contributed by atoms with E-state index in [4.69, 9.17) is 18.4 Å². The van der Waals surface area contributed by atoms with Crippen LogP contribution in [-0.2, 0) is 11.9 Å². The summed E-state index contributed by atoms with van der Waals surface area (Å²) in [5.74, 6) is 2.21. The summed E-state index contributed by atoms with van der Waals surface area (Å²) >= 11 is 1.18. The van der Waals surface area contributed by atoms with Crippen molar-refractivity contribution in [2.24, 2.45) is 0 Å². The molecule has 1 aliphatic heterocycles. The molecule has 3 heterocycles. The summed E-state index contributed by atoms with van der Waals surface area (Å²) in [6.07, 6.45) is -4.93. The average Bonchev–Trinajstić information content (AvgIpc) is 3.47. The first-order valence-corrected chi connectivity index (χ1v) is 10.3. The predicted molar refractivity (Wildman–Crippen MR) is 104 cm³/mol. The van der Waals surface area contributed by atoms with Crippen LogP contribution in [0.2, 0.25) is 0 Å². The lowest BCUT2D eigenvalue weighted by Gasteiger charge is -2.23. The van der Waals surface area contributed by atoms with Crippen molar-refractivity contribution in [2.45, 2.75) is 23.3 Å². The third-order valence-electron chi connectivity index (χ3n) is 4.46. The van der Waals surface area contributed by atoms with E-state index < -0.39 is 17.8 Å². The summed E-state index contributed by atoms with van der Waals surface area (Å²) in [6.45, 7) is 0.240. The van der Waals surface area contributed by atoms with Crippen molar-refractivity contribution in [3.63, 3.8) is 0 Å². The summed E-state index contributed by atoms with van der Waals surface area (Å²) in [4.78, 5) is 4.19. The molecule has 0 radical (unpaired) electrons. The van der Waals surface area contributed by atoms with Gasteiger partial charge in [0.05, 0.1) is 11.3 Å². The fourth-order valence-electron chi connectivity index (χ4n) is 2.91. The molecule has 12 heteroatoms. The molecule has 32 heavy (non-hydrogen) atoms. The molecule has 0 fully saturated rings. The smallest absolute Gasteiger partial charge is 0.416 e. The van der Waals surface area contributed by atoms with Crippen molar-refractivity contribution in [1.29, 1.82) is 0 Å². The van der Waals surface area contributed by atoms with Crippen molar-refractivity contribution in [1.82, 2.24) is 20.3 Å². The van der Waals surface area contributed by atoms with E-state index in [1.54, 1.807) is 6.07 Å². The van der Waals surface area contributed by atoms with E-state index in [0.29, 0.717) is 17.1 Å². The largest absolute Gasteiger partial charge is 0.485 e. The average molecular weight is 462 g/mol. The van der Waals surface area contributed by atoms with E-state index in [1.165, 1.54) is 23.9 Å². The van der Waals surface area contributed by atoms with E-state index in [-0.39, 0.29) is 35.2 Å². The van der Waals surface area contributed by atoms with E-state index >= 15 is 0 Å². The number of alkyl halides is 3. The number of thioether (sulfide) groups is 1. The lowest BCUT2D eigenvalue weighted by molar-refractivity contribution is -0.137. The second kappa shape index (κ2) is 8.19. The lowest BCUT2D eigenvalue weighted by Crippen LogP contribution is -2.21. The van der Waals surface area contributed by atoms with Gasteiger partial charge in [0.25, 0.3) is 11.1 Å². The lowest BCUT2D eigenvalue weighted by atomic mass is 10.1. The molecule has 0 saturated heterocycles. The Morgan fingerprint density at radius 1 is 1.00 bits per heavy atom. The fourth-order valence-corrected chi connectivity index (χ4v) is 3.52. The minimum Gasteiger partial charge on any atom is -0.485 e. The molecule has 2 aromatic heterocycles. The number of rotatable bonds is 5. The highest BCUT2D eigenvalue weighted by Gasteiger charge is 2.30. The van der Waals surface area contributed by atoms with E-state index in [1.807, 2.05) is 18.2 Å². The van der Waals surface area contributed by atoms with Crippen LogP contribution in [0.1, 0.15) is 23.4 Å². The number of nitrogens with zero attached hydrogens (tertiary/aromatic N) is 4. The molecule has 2 aromatic carbocycles. The van der Waals surface area contributed by atoms with Gasteiger partial charge in [-0.25, -0.2) is 0 Å². The number of hydrogen-bond donors (Lipinski definition) is 0. The Balaban J connectivity index is 1.20. The van der Waals surface area contributed by atoms with Crippen LogP contribution in [0.4, 0.5) is 13.2 Å². The Morgan fingerprint density at radius 3 is 2.56 bits per heavy atom. The second-order valence-electron chi connectivity index (χ2n) is 6.65. The number of hydrogen-bond acceptors (Lipinski definition) is 9. The van der Waals surface area contributed by atoms with Crippen molar-refractivity contribution in [2.75, 3.05) is 6.61 Å². The first-order chi connectivity index (χ1) is 15.5. The molecular formula is C20H13F3N4O4S. The highest BCUT2D eigenvalue weighted by molar-refractivity contribution is 7.98. The fraction of sp³-hybridized carbons (Fsp3) is 0.200. The zero-order chi connectivity index (χ0) is 22.1. The van der Waals surface area contributed by atoms with Gasteiger partial charge >= 0.3 is 6.18 Å². The molecule has 164 valence electrons. The van der Waals surface area contributed by atoms with E-state index in [9.17, 15) is 13.2 Å². The molecule has 5 rings (SSSR count). The van der Waals surface area contributed by atoms with Crippen molar-refractivity contribution >= 4 is 11.8 Å².